The first-order valence-corrected chi connectivity index (χ1v) is 9.94. The van der Waals surface area contributed by atoms with E-state index >= 15 is 0 Å². The summed E-state index contributed by atoms with van der Waals surface area (Å²) in [5, 5.41) is 4.17. The summed E-state index contributed by atoms with van der Waals surface area (Å²) in [6.45, 7) is 0. The lowest BCUT2D eigenvalue weighted by atomic mass is 10.2. The van der Waals surface area contributed by atoms with Crippen molar-refractivity contribution < 1.29 is 31.9 Å². The van der Waals surface area contributed by atoms with Gasteiger partial charge in [-0.05, 0) is 36.4 Å². The van der Waals surface area contributed by atoms with Gasteiger partial charge in [0.15, 0.2) is 5.82 Å². The van der Waals surface area contributed by atoms with Gasteiger partial charge < -0.3 is 15.4 Å². The summed E-state index contributed by atoms with van der Waals surface area (Å²) >= 11 is 5.57. The van der Waals surface area contributed by atoms with E-state index < -0.39 is 34.5 Å². The van der Waals surface area contributed by atoms with E-state index in [1.807, 2.05) is 0 Å². The molecule has 34 heavy (non-hydrogen) atoms. The number of carbonyl (C=O) groups excluding carboxylic acids is 2. The van der Waals surface area contributed by atoms with Gasteiger partial charge in [0.25, 0.3) is 5.91 Å². The maximum atomic E-state index is 14.7. The Labute approximate surface area is 196 Å². The Balaban J connectivity index is 1.74. The van der Waals surface area contributed by atoms with Crippen LogP contribution in [0.2, 0.25) is 5.02 Å². The number of urea groups is 1. The average Bonchev–Trinajstić information content (AvgIpc) is 2.79. The zero-order chi connectivity index (χ0) is 25.0. The molecule has 0 aliphatic heterocycles. The Hall–Kier alpha value is -3.86. The Morgan fingerprint density at radius 1 is 1.06 bits per heavy atom. The number of nitrogens with zero attached hydrogens (tertiary/aromatic N) is 2. The second-order valence-electron chi connectivity index (χ2n) is 6.85. The molecule has 0 atom stereocenters. The van der Waals surface area contributed by atoms with Gasteiger partial charge in [0.05, 0.1) is 16.3 Å². The molecule has 3 rings (SSSR count). The summed E-state index contributed by atoms with van der Waals surface area (Å²) in [5.74, 6) is -0.947. The molecule has 0 spiro atoms. The Morgan fingerprint density at radius 2 is 1.76 bits per heavy atom. The molecular weight excluding hydrogens is 480 g/mol. The van der Waals surface area contributed by atoms with E-state index in [0.717, 1.165) is 17.0 Å². The van der Waals surface area contributed by atoms with Gasteiger partial charge in [0.2, 0.25) is 0 Å². The van der Waals surface area contributed by atoms with E-state index in [1.54, 1.807) is 0 Å². The molecule has 0 saturated heterocycles. The number of halogens is 5. The number of nitrogens with one attached hydrogen (secondary N) is 2. The fraction of sp³-hybridized carbons (Fsp3) is 0.136. The van der Waals surface area contributed by atoms with Crippen LogP contribution in [-0.4, -0.2) is 31.0 Å². The highest BCUT2D eigenvalue weighted by Gasteiger charge is 2.33. The number of aromatic nitrogens is 1. The van der Waals surface area contributed by atoms with Gasteiger partial charge in [-0.1, -0.05) is 11.6 Å². The fourth-order valence-corrected chi connectivity index (χ4v) is 3.05. The summed E-state index contributed by atoms with van der Waals surface area (Å²) in [7, 11) is 2.69. The van der Waals surface area contributed by atoms with Crippen molar-refractivity contribution in [2.75, 3.05) is 24.3 Å². The minimum absolute atomic E-state index is 0.0802. The van der Waals surface area contributed by atoms with Crippen molar-refractivity contribution in [1.82, 2.24) is 10.3 Å². The average molecular weight is 497 g/mol. The van der Waals surface area contributed by atoms with Gasteiger partial charge in [-0.3, -0.25) is 14.7 Å². The predicted octanol–water partition coefficient (Wildman–Crippen LogP) is 5.71. The lowest BCUT2D eigenvalue weighted by Gasteiger charge is -2.20. The molecule has 0 fully saturated rings. The zero-order valence-corrected chi connectivity index (χ0v) is 18.5. The summed E-state index contributed by atoms with van der Waals surface area (Å²) < 4.78 is 59.3. The molecule has 1 heterocycles. The lowest BCUT2D eigenvalue weighted by molar-refractivity contribution is -0.137. The number of benzene rings is 2. The minimum Gasteiger partial charge on any atom is -0.457 e. The smallest absolute Gasteiger partial charge is 0.417 e. The van der Waals surface area contributed by atoms with Crippen LogP contribution >= 0.6 is 11.6 Å². The molecule has 12 heteroatoms. The fourth-order valence-electron chi connectivity index (χ4n) is 2.82. The first-order valence-electron chi connectivity index (χ1n) is 9.56. The highest BCUT2D eigenvalue weighted by molar-refractivity contribution is 6.31. The maximum Gasteiger partial charge on any atom is 0.417 e. The number of anilines is 2. The third kappa shape index (κ3) is 5.73. The van der Waals surface area contributed by atoms with Crippen molar-refractivity contribution >= 4 is 34.9 Å². The summed E-state index contributed by atoms with van der Waals surface area (Å²) in [5.41, 5.74) is -1.34. The number of amides is 3. The third-order valence-corrected chi connectivity index (χ3v) is 4.86. The number of alkyl halides is 3. The molecule has 1 aromatic heterocycles. The molecule has 178 valence electrons. The van der Waals surface area contributed by atoms with E-state index in [4.69, 9.17) is 16.3 Å². The van der Waals surface area contributed by atoms with Gasteiger partial charge in [-0.15, -0.1) is 0 Å². The van der Waals surface area contributed by atoms with Crippen molar-refractivity contribution in [3.8, 4) is 11.5 Å². The molecular formula is C22H17ClF4N4O3. The topological polar surface area (TPSA) is 83.6 Å². The second-order valence-corrected chi connectivity index (χ2v) is 7.26. The van der Waals surface area contributed by atoms with Gasteiger partial charge in [0.1, 0.15) is 17.2 Å². The van der Waals surface area contributed by atoms with Crippen LogP contribution in [0.4, 0.5) is 33.7 Å². The summed E-state index contributed by atoms with van der Waals surface area (Å²) in [6, 6.07) is 8.49. The molecule has 3 amide bonds. The third-order valence-electron chi connectivity index (χ3n) is 4.53. The number of hydrogen-bond donors (Lipinski definition) is 2. The molecule has 2 aromatic carbocycles. The van der Waals surface area contributed by atoms with Crippen LogP contribution in [0.5, 0.6) is 11.5 Å². The highest BCUT2D eigenvalue weighted by Crippen LogP contribution is 2.36. The Bertz CT molecular complexity index is 1240. The maximum absolute atomic E-state index is 14.7. The van der Waals surface area contributed by atoms with Crippen molar-refractivity contribution in [1.29, 1.82) is 0 Å². The van der Waals surface area contributed by atoms with E-state index in [-0.39, 0.29) is 28.6 Å². The van der Waals surface area contributed by atoms with Gasteiger partial charge >= 0.3 is 12.2 Å². The minimum atomic E-state index is -4.71. The molecule has 0 aliphatic carbocycles. The standard InChI is InChI=1S/C22H17ClF4N4O3/c1-28-20(32)18-11-14(7-8-29-18)34-13-4-6-19(17(24)10-13)31(2)21(33)30-12-3-5-16(23)15(9-12)22(25,26)27/h3-11H,1-2H3,(H,28,32)(H,30,33). The van der Waals surface area contributed by atoms with Crippen LogP contribution in [0.15, 0.2) is 54.7 Å². The van der Waals surface area contributed by atoms with Crippen LogP contribution < -0.4 is 20.3 Å². The zero-order valence-electron chi connectivity index (χ0n) is 17.7. The molecule has 0 saturated carbocycles. The van der Waals surface area contributed by atoms with E-state index in [1.165, 1.54) is 50.6 Å². The quantitative estimate of drug-likeness (QED) is 0.443. The van der Waals surface area contributed by atoms with Crippen LogP contribution in [0.25, 0.3) is 0 Å². The number of carbonyl (C=O) groups is 2. The van der Waals surface area contributed by atoms with Crippen molar-refractivity contribution in [3.05, 3.63) is 76.8 Å². The molecule has 0 aliphatic rings. The van der Waals surface area contributed by atoms with Crippen molar-refractivity contribution in [2.45, 2.75) is 6.18 Å². The van der Waals surface area contributed by atoms with Crippen LogP contribution in [0.1, 0.15) is 16.1 Å². The molecule has 3 aromatic rings. The summed E-state index contributed by atoms with van der Waals surface area (Å²) in [4.78, 5) is 28.9. The van der Waals surface area contributed by atoms with Gasteiger partial charge in [-0.25, -0.2) is 9.18 Å². The first kappa shape index (κ1) is 24.8. The predicted molar refractivity (Wildman–Crippen MR) is 118 cm³/mol. The SMILES string of the molecule is CNC(=O)c1cc(Oc2ccc(N(C)C(=O)Nc3ccc(Cl)c(C(F)(F)F)c3)c(F)c2)ccn1. The monoisotopic (exact) mass is 496 g/mol. The molecule has 0 radical (unpaired) electrons. The number of pyridine rings is 1. The Morgan fingerprint density at radius 3 is 2.41 bits per heavy atom. The molecule has 0 unspecified atom stereocenters. The van der Waals surface area contributed by atoms with Crippen LogP contribution in [0, 0.1) is 5.82 Å². The highest BCUT2D eigenvalue weighted by atomic mass is 35.5. The summed E-state index contributed by atoms with van der Waals surface area (Å²) in [6.07, 6.45) is -3.36. The van der Waals surface area contributed by atoms with E-state index in [9.17, 15) is 27.2 Å². The van der Waals surface area contributed by atoms with Crippen LogP contribution in [0.3, 0.4) is 0 Å². The number of hydrogen-bond acceptors (Lipinski definition) is 4. The van der Waals surface area contributed by atoms with Crippen molar-refractivity contribution in [3.63, 3.8) is 0 Å². The van der Waals surface area contributed by atoms with Gasteiger partial charge in [-0.2, -0.15) is 13.2 Å². The van der Waals surface area contributed by atoms with Crippen LogP contribution in [-0.2, 0) is 6.18 Å². The molecule has 0 bridgehead atoms. The Kier molecular flexibility index (Phi) is 7.26. The van der Waals surface area contributed by atoms with E-state index in [0.29, 0.717) is 6.07 Å². The molecule has 2 N–H and O–H groups in total. The van der Waals surface area contributed by atoms with Gasteiger partial charge in [0, 0.05) is 38.1 Å². The van der Waals surface area contributed by atoms with Crippen molar-refractivity contribution in [2.24, 2.45) is 0 Å². The molecule has 7 nitrogen and oxygen atoms in total. The lowest BCUT2D eigenvalue weighted by Crippen LogP contribution is -2.31. The largest absolute Gasteiger partial charge is 0.457 e. The normalized spacial score (nSPS) is 11.0. The second kappa shape index (κ2) is 9.96. The first-order chi connectivity index (χ1) is 16.0. The number of ether oxygens (including phenoxy) is 1. The number of rotatable bonds is 5. The van der Waals surface area contributed by atoms with E-state index in [2.05, 4.69) is 15.6 Å².